The summed E-state index contributed by atoms with van der Waals surface area (Å²) in [7, 11) is 0. The van der Waals surface area contributed by atoms with Gasteiger partial charge in [-0.25, -0.2) is 0 Å². The number of nitro benzene ring substituents is 1. The van der Waals surface area contributed by atoms with Gasteiger partial charge in [0.15, 0.2) is 0 Å². The van der Waals surface area contributed by atoms with Crippen molar-refractivity contribution in [2.45, 2.75) is 16.7 Å². The van der Waals surface area contributed by atoms with E-state index in [-0.39, 0.29) is 12.3 Å². The normalized spacial score (nSPS) is 8.86. The Balaban J connectivity index is 0.000000500. The Morgan fingerprint density at radius 3 is 2.36 bits per heavy atom. The summed E-state index contributed by atoms with van der Waals surface area (Å²) >= 11 is 7.91. The molecule has 14 heavy (non-hydrogen) atoms. The molecule has 1 N–H and O–H groups in total. The van der Waals surface area contributed by atoms with Crippen molar-refractivity contribution < 1.29 is 10.0 Å². The second kappa shape index (κ2) is 6.69. The largest absolute Gasteiger partial charge is 0.397 e. The molecule has 0 amide bonds. The van der Waals surface area contributed by atoms with Crippen molar-refractivity contribution in [3.05, 3.63) is 28.3 Å². The van der Waals surface area contributed by atoms with Gasteiger partial charge in [0, 0.05) is 17.6 Å². The predicted molar refractivity (Wildman–Crippen MR) is 60.4 cm³/mol. The van der Waals surface area contributed by atoms with E-state index in [2.05, 4.69) is 25.3 Å². The zero-order valence-electron chi connectivity index (χ0n) is 7.54. The maximum Gasteiger partial charge on any atom is 0.283 e. The molecule has 0 saturated carbocycles. The molecule has 0 atom stereocenters. The average molecular weight is 233 g/mol. The monoisotopic (exact) mass is 233 g/mol. The summed E-state index contributed by atoms with van der Waals surface area (Å²) in [5, 5.41) is 17.9. The van der Waals surface area contributed by atoms with Gasteiger partial charge >= 0.3 is 0 Å². The van der Waals surface area contributed by atoms with Crippen LogP contribution in [0, 0.1) is 10.1 Å². The summed E-state index contributed by atoms with van der Waals surface area (Å²) in [4.78, 5) is 10.6. The molecule has 4 nitrogen and oxygen atoms in total. The Labute approximate surface area is 92.9 Å². The molecule has 0 radical (unpaired) electrons. The summed E-state index contributed by atoms with van der Waals surface area (Å²) in [5.74, 6) is 0. The summed E-state index contributed by atoms with van der Waals surface area (Å²) in [6.45, 7) is 1.93. The molecule has 1 aromatic rings. The molecular formula is C8H11NO3S2. The molecule has 6 heteroatoms. The lowest BCUT2D eigenvalue weighted by Crippen LogP contribution is -1.89. The van der Waals surface area contributed by atoms with Gasteiger partial charge in [-0.05, 0) is 13.0 Å². The van der Waals surface area contributed by atoms with Crippen LogP contribution in [0.5, 0.6) is 0 Å². The fourth-order valence-electron chi connectivity index (χ4n) is 0.667. The first-order chi connectivity index (χ1) is 6.54. The van der Waals surface area contributed by atoms with Gasteiger partial charge in [0.1, 0.15) is 0 Å². The molecule has 78 valence electrons. The maximum atomic E-state index is 10.3. The van der Waals surface area contributed by atoms with Crippen LogP contribution in [0.1, 0.15) is 6.92 Å². The number of benzene rings is 1. The summed E-state index contributed by atoms with van der Waals surface area (Å²) < 4.78 is 0. The fraction of sp³-hybridized carbons (Fsp3) is 0.250. The number of hydrogen-bond acceptors (Lipinski definition) is 5. The molecule has 0 heterocycles. The van der Waals surface area contributed by atoms with Crippen LogP contribution in [0.3, 0.4) is 0 Å². The molecule has 1 rings (SSSR count). The number of nitro groups is 1. The number of aliphatic hydroxyl groups is 1. The molecule has 0 bridgehead atoms. The van der Waals surface area contributed by atoms with E-state index in [4.69, 9.17) is 5.11 Å². The lowest BCUT2D eigenvalue weighted by Gasteiger charge is -1.97. The van der Waals surface area contributed by atoms with E-state index >= 15 is 0 Å². The van der Waals surface area contributed by atoms with Crippen molar-refractivity contribution in [3.8, 4) is 0 Å². The van der Waals surface area contributed by atoms with E-state index in [0.717, 1.165) is 0 Å². The average Bonchev–Trinajstić information content (AvgIpc) is 2.10. The van der Waals surface area contributed by atoms with Crippen LogP contribution in [-0.2, 0) is 0 Å². The first kappa shape index (κ1) is 13.3. The smallest absolute Gasteiger partial charge is 0.283 e. The molecule has 0 aliphatic rings. The summed E-state index contributed by atoms with van der Waals surface area (Å²) in [6, 6.07) is 4.61. The molecular weight excluding hydrogens is 222 g/mol. The lowest BCUT2D eigenvalue weighted by atomic mass is 10.3. The molecule has 0 unspecified atom stereocenters. The number of nitrogens with zero attached hydrogens (tertiary/aromatic N) is 1. The predicted octanol–water partition coefficient (Wildman–Crippen LogP) is 2.17. The summed E-state index contributed by atoms with van der Waals surface area (Å²) in [5.41, 5.74) is -0.0131. The first-order valence-corrected chi connectivity index (χ1v) is 4.70. The standard InChI is InChI=1S/C6H5NO2S2.C2H6O/c8-7(9)4-2-1-3-5(10)6(4)11;1-2-3/h1-3,10-11H;3H,2H2,1H3. The Morgan fingerprint density at radius 1 is 1.50 bits per heavy atom. The van der Waals surface area contributed by atoms with Crippen LogP contribution >= 0.6 is 25.3 Å². The summed E-state index contributed by atoms with van der Waals surface area (Å²) in [6.07, 6.45) is 0. The van der Waals surface area contributed by atoms with Crippen LogP contribution in [0.15, 0.2) is 28.0 Å². The van der Waals surface area contributed by atoms with E-state index in [1.54, 1.807) is 19.1 Å². The minimum absolute atomic E-state index is 0.0131. The third-order valence-electron chi connectivity index (χ3n) is 1.19. The highest BCUT2D eigenvalue weighted by molar-refractivity contribution is 7.83. The van der Waals surface area contributed by atoms with Crippen LogP contribution in [0.25, 0.3) is 0 Å². The van der Waals surface area contributed by atoms with E-state index < -0.39 is 4.92 Å². The molecule has 0 aliphatic carbocycles. The fourth-order valence-corrected chi connectivity index (χ4v) is 1.10. The first-order valence-electron chi connectivity index (χ1n) is 3.80. The number of hydrogen-bond donors (Lipinski definition) is 3. The van der Waals surface area contributed by atoms with Crippen molar-refractivity contribution in [1.29, 1.82) is 0 Å². The number of thiol groups is 2. The van der Waals surface area contributed by atoms with Gasteiger partial charge in [-0.3, -0.25) is 10.1 Å². The Bertz CT molecular complexity index is 317. The SMILES string of the molecule is CCO.O=[N+]([O-])c1cccc(S)c1S. The molecule has 0 aliphatic heterocycles. The van der Waals surface area contributed by atoms with Gasteiger partial charge in [-0.15, -0.1) is 25.3 Å². The minimum atomic E-state index is -0.484. The highest BCUT2D eigenvalue weighted by Gasteiger charge is 2.11. The van der Waals surface area contributed by atoms with Crippen molar-refractivity contribution in [3.63, 3.8) is 0 Å². The molecule has 0 saturated heterocycles. The molecule has 0 fully saturated rings. The lowest BCUT2D eigenvalue weighted by molar-refractivity contribution is -0.388. The van der Waals surface area contributed by atoms with Gasteiger partial charge in [-0.2, -0.15) is 0 Å². The maximum absolute atomic E-state index is 10.3. The Morgan fingerprint density at radius 2 is 2.00 bits per heavy atom. The molecule has 1 aromatic carbocycles. The van der Waals surface area contributed by atoms with Crippen LogP contribution in [-0.4, -0.2) is 16.6 Å². The quantitative estimate of drug-likeness (QED) is 0.396. The highest BCUT2D eigenvalue weighted by atomic mass is 32.1. The molecule has 0 aromatic heterocycles. The van der Waals surface area contributed by atoms with Gasteiger partial charge < -0.3 is 5.11 Å². The van der Waals surface area contributed by atoms with E-state index in [1.807, 2.05) is 0 Å². The minimum Gasteiger partial charge on any atom is -0.397 e. The van der Waals surface area contributed by atoms with Crippen LogP contribution < -0.4 is 0 Å². The van der Waals surface area contributed by atoms with Gasteiger partial charge in [0.25, 0.3) is 5.69 Å². The van der Waals surface area contributed by atoms with Gasteiger partial charge in [0.05, 0.1) is 9.82 Å². The van der Waals surface area contributed by atoms with E-state index in [1.165, 1.54) is 6.07 Å². The van der Waals surface area contributed by atoms with Crippen molar-refractivity contribution in [2.75, 3.05) is 6.61 Å². The number of aliphatic hydroxyl groups excluding tert-OH is 1. The Hall–Kier alpha value is -0.720. The third kappa shape index (κ3) is 3.99. The van der Waals surface area contributed by atoms with Crippen LogP contribution in [0.4, 0.5) is 5.69 Å². The van der Waals surface area contributed by atoms with Crippen molar-refractivity contribution in [2.24, 2.45) is 0 Å². The van der Waals surface area contributed by atoms with E-state index in [9.17, 15) is 10.1 Å². The highest BCUT2D eigenvalue weighted by Crippen LogP contribution is 2.27. The number of rotatable bonds is 1. The molecule has 0 spiro atoms. The third-order valence-corrected chi connectivity index (χ3v) is 2.21. The second-order valence-electron chi connectivity index (χ2n) is 2.22. The zero-order chi connectivity index (χ0) is 11.1. The van der Waals surface area contributed by atoms with Gasteiger partial charge in [-0.1, -0.05) is 6.07 Å². The second-order valence-corrected chi connectivity index (χ2v) is 3.15. The van der Waals surface area contributed by atoms with Crippen molar-refractivity contribution >= 4 is 30.9 Å². The zero-order valence-corrected chi connectivity index (χ0v) is 9.33. The van der Waals surface area contributed by atoms with Crippen LogP contribution in [0.2, 0.25) is 0 Å². The van der Waals surface area contributed by atoms with E-state index in [0.29, 0.717) is 9.79 Å². The Kier molecular flexibility index (Phi) is 6.35. The topological polar surface area (TPSA) is 63.4 Å². The van der Waals surface area contributed by atoms with Gasteiger partial charge in [0.2, 0.25) is 0 Å². The van der Waals surface area contributed by atoms with Crippen molar-refractivity contribution in [1.82, 2.24) is 0 Å².